The van der Waals surface area contributed by atoms with E-state index in [2.05, 4.69) is 15.6 Å². The number of ether oxygens (including phenoxy) is 1. The van der Waals surface area contributed by atoms with E-state index < -0.39 is 11.2 Å². The second kappa shape index (κ2) is 12.6. The smallest absolute Gasteiger partial charge is 0.410 e. The summed E-state index contributed by atoms with van der Waals surface area (Å²) in [6.07, 6.45) is 0.411. The predicted molar refractivity (Wildman–Crippen MR) is 131 cm³/mol. The monoisotopic (exact) mass is 540 g/mol. The fraction of sp³-hybridized carbons (Fsp3) is 0.700. The van der Waals surface area contributed by atoms with E-state index in [4.69, 9.17) is 4.74 Å². The van der Waals surface area contributed by atoms with E-state index in [0.717, 1.165) is 18.5 Å². The Labute approximate surface area is 196 Å². The molecule has 9 heteroatoms. The summed E-state index contributed by atoms with van der Waals surface area (Å²) >= 11 is 1.55. The number of amides is 1. The molecule has 2 unspecified atom stereocenters. The van der Waals surface area contributed by atoms with Crippen molar-refractivity contribution in [1.29, 1.82) is 0 Å². The molecule has 0 fully saturated rings. The van der Waals surface area contributed by atoms with E-state index in [1.165, 1.54) is 0 Å². The predicted octanol–water partition coefficient (Wildman–Crippen LogP) is 3.77. The van der Waals surface area contributed by atoms with Crippen molar-refractivity contribution in [2.24, 2.45) is 4.99 Å². The molecule has 0 bridgehead atoms. The van der Waals surface area contributed by atoms with Gasteiger partial charge in [0.1, 0.15) is 11.2 Å². The van der Waals surface area contributed by atoms with Crippen LogP contribution in [0.1, 0.15) is 53.5 Å². The first-order valence-electron chi connectivity index (χ1n) is 9.69. The summed E-state index contributed by atoms with van der Waals surface area (Å²) in [6.45, 7) is 12.9. The van der Waals surface area contributed by atoms with Gasteiger partial charge in [-0.1, -0.05) is 0 Å². The van der Waals surface area contributed by atoms with Crippen molar-refractivity contribution in [2.75, 3.05) is 26.7 Å². The number of carbonyl (C=O) groups is 1. The molecule has 168 valence electrons. The summed E-state index contributed by atoms with van der Waals surface area (Å²) in [5.41, 5.74) is -0.648. The standard InChI is InChI=1S/C20H36N4O3S.HI/c1-8-21-17(23-14-20(6,26)16-10-12-28-13-16)22-11-9-15(2)24(7)18(25)27-19(3,4)5;/h10,12-13,15,26H,8-9,11,14H2,1-7H3,(H2,21,22,23);1H. The number of rotatable bonds is 8. The van der Waals surface area contributed by atoms with E-state index in [-0.39, 0.29) is 42.7 Å². The number of thiophene rings is 1. The molecule has 1 rings (SSSR count). The molecule has 3 N–H and O–H groups in total. The highest BCUT2D eigenvalue weighted by molar-refractivity contribution is 14.0. The van der Waals surface area contributed by atoms with Crippen LogP contribution in [-0.2, 0) is 10.3 Å². The number of halogens is 1. The van der Waals surface area contributed by atoms with E-state index in [1.807, 2.05) is 51.4 Å². The highest BCUT2D eigenvalue weighted by atomic mass is 127. The molecular weight excluding hydrogens is 503 g/mol. The second-order valence-electron chi connectivity index (χ2n) is 8.14. The van der Waals surface area contributed by atoms with Crippen LogP contribution in [0.15, 0.2) is 21.8 Å². The topological polar surface area (TPSA) is 86.2 Å². The maximum absolute atomic E-state index is 12.1. The molecule has 1 aromatic heterocycles. The molecule has 7 nitrogen and oxygen atoms in total. The minimum absolute atomic E-state index is 0. The van der Waals surface area contributed by atoms with Crippen LogP contribution in [0, 0.1) is 0 Å². The quantitative estimate of drug-likeness (QED) is 0.266. The van der Waals surface area contributed by atoms with Gasteiger partial charge < -0.3 is 25.4 Å². The fourth-order valence-corrected chi connectivity index (χ4v) is 3.13. The molecule has 0 saturated carbocycles. The molecule has 0 spiro atoms. The van der Waals surface area contributed by atoms with Crippen molar-refractivity contribution >= 4 is 47.4 Å². The molecular formula is C20H37IN4O3S. The number of nitrogens with zero attached hydrogens (tertiary/aromatic N) is 2. The number of aliphatic imine (C=N–C) groups is 1. The van der Waals surface area contributed by atoms with Crippen molar-refractivity contribution in [1.82, 2.24) is 15.5 Å². The maximum atomic E-state index is 12.1. The molecule has 1 heterocycles. The van der Waals surface area contributed by atoms with Crippen LogP contribution in [-0.4, -0.2) is 60.4 Å². The summed E-state index contributed by atoms with van der Waals surface area (Å²) in [4.78, 5) is 18.3. The first-order chi connectivity index (χ1) is 13.0. The lowest BCUT2D eigenvalue weighted by Crippen LogP contribution is -2.43. The zero-order valence-electron chi connectivity index (χ0n) is 18.6. The molecule has 0 aliphatic rings. The maximum Gasteiger partial charge on any atom is 0.410 e. The first kappa shape index (κ1) is 27.9. The van der Waals surface area contributed by atoms with Gasteiger partial charge >= 0.3 is 6.09 Å². The van der Waals surface area contributed by atoms with Crippen LogP contribution in [0.3, 0.4) is 0 Å². The molecule has 2 atom stereocenters. The molecule has 0 radical (unpaired) electrons. The Balaban J connectivity index is 0.00000784. The van der Waals surface area contributed by atoms with Crippen LogP contribution >= 0.6 is 35.3 Å². The zero-order valence-corrected chi connectivity index (χ0v) is 21.8. The zero-order chi connectivity index (χ0) is 21.4. The Morgan fingerprint density at radius 1 is 1.34 bits per heavy atom. The van der Waals surface area contributed by atoms with E-state index >= 15 is 0 Å². The third-order valence-corrected chi connectivity index (χ3v) is 4.91. The number of guanidine groups is 1. The van der Waals surface area contributed by atoms with Gasteiger partial charge in [-0.25, -0.2) is 9.79 Å². The first-order valence-corrected chi connectivity index (χ1v) is 10.6. The van der Waals surface area contributed by atoms with Gasteiger partial charge in [-0.15, -0.1) is 24.0 Å². The van der Waals surface area contributed by atoms with Crippen molar-refractivity contribution in [3.05, 3.63) is 22.4 Å². The SMILES string of the molecule is CCNC(=NCC(C)(O)c1ccsc1)NCCC(C)N(C)C(=O)OC(C)(C)C.I. The lowest BCUT2D eigenvalue weighted by Gasteiger charge is -2.29. The molecule has 0 aromatic carbocycles. The summed E-state index contributed by atoms with van der Waals surface area (Å²) in [5.74, 6) is 0.644. The van der Waals surface area contributed by atoms with E-state index in [1.54, 1.807) is 30.2 Å². The van der Waals surface area contributed by atoms with Gasteiger partial charge in [-0.05, 0) is 70.4 Å². The summed E-state index contributed by atoms with van der Waals surface area (Å²) < 4.78 is 5.40. The minimum atomic E-state index is -1.01. The van der Waals surface area contributed by atoms with Gasteiger partial charge in [0.05, 0.1) is 6.54 Å². The highest BCUT2D eigenvalue weighted by Gasteiger charge is 2.24. The Bertz CT molecular complexity index is 630. The number of nitrogens with one attached hydrogen (secondary N) is 2. The van der Waals surface area contributed by atoms with Gasteiger partial charge in [0.2, 0.25) is 0 Å². The fourth-order valence-electron chi connectivity index (χ4n) is 2.34. The third-order valence-electron chi connectivity index (χ3n) is 4.23. The Morgan fingerprint density at radius 3 is 2.52 bits per heavy atom. The van der Waals surface area contributed by atoms with Gasteiger partial charge in [0.25, 0.3) is 0 Å². The molecule has 1 aromatic rings. The summed E-state index contributed by atoms with van der Waals surface area (Å²) in [7, 11) is 1.75. The second-order valence-corrected chi connectivity index (χ2v) is 8.92. The van der Waals surface area contributed by atoms with Crippen molar-refractivity contribution in [2.45, 2.75) is 65.2 Å². The Kier molecular flexibility index (Phi) is 12.1. The average Bonchev–Trinajstić information content (AvgIpc) is 3.13. The van der Waals surface area contributed by atoms with Crippen LogP contribution in [0.4, 0.5) is 4.79 Å². The van der Waals surface area contributed by atoms with Crippen molar-refractivity contribution in [3.63, 3.8) is 0 Å². The lowest BCUT2D eigenvalue weighted by atomic mass is 10.00. The number of carbonyl (C=O) groups excluding carboxylic acids is 1. The van der Waals surface area contributed by atoms with Crippen LogP contribution in [0.25, 0.3) is 0 Å². The lowest BCUT2D eigenvalue weighted by molar-refractivity contribution is 0.0230. The largest absolute Gasteiger partial charge is 0.444 e. The Morgan fingerprint density at radius 2 is 2.00 bits per heavy atom. The third kappa shape index (κ3) is 10.5. The number of aliphatic hydroxyl groups is 1. The van der Waals surface area contributed by atoms with Crippen LogP contribution in [0.2, 0.25) is 0 Å². The average molecular weight is 541 g/mol. The normalized spacial score (nSPS) is 15.0. The molecule has 1 amide bonds. The summed E-state index contributed by atoms with van der Waals surface area (Å²) in [6, 6.07) is 1.92. The Hall–Kier alpha value is -1.07. The van der Waals surface area contributed by atoms with Crippen molar-refractivity contribution in [3.8, 4) is 0 Å². The highest BCUT2D eigenvalue weighted by Crippen LogP contribution is 2.23. The minimum Gasteiger partial charge on any atom is -0.444 e. The number of hydrogen-bond acceptors (Lipinski definition) is 5. The van der Waals surface area contributed by atoms with Gasteiger partial charge in [0, 0.05) is 26.2 Å². The molecule has 0 aliphatic heterocycles. The van der Waals surface area contributed by atoms with Crippen LogP contribution in [0.5, 0.6) is 0 Å². The van der Waals surface area contributed by atoms with Gasteiger partial charge in [0.15, 0.2) is 5.96 Å². The van der Waals surface area contributed by atoms with Crippen molar-refractivity contribution < 1.29 is 14.6 Å². The molecule has 29 heavy (non-hydrogen) atoms. The molecule has 0 aliphatic carbocycles. The molecule has 0 saturated heterocycles. The van der Waals surface area contributed by atoms with Gasteiger partial charge in [-0.3, -0.25) is 0 Å². The van der Waals surface area contributed by atoms with E-state index in [0.29, 0.717) is 12.5 Å². The number of hydrogen-bond donors (Lipinski definition) is 3. The van der Waals surface area contributed by atoms with Crippen LogP contribution < -0.4 is 10.6 Å². The van der Waals surface area contributed by atoms with Gasteiger partial charge in [-0.2, -0.15) is 11.3 Å². The summed E-state index contributed by atoms with van der Waals surface area (Å²) in [5, 5.41) is 20.9. The van der Waals surface area contributed by atoms with E-state index in [9.17, 15) is 9.90 Å².